The topological polar surface area (TPSA) is 89.8 Å². The highest BCUT2D eigenvalue weighted by molar-refractivity contribution is 6.33. The van der Waals surface area contributed by atoms with Crippen LogP contribution >= 0.6 is 11.6 Å². The molecule has 0 amide bonds. The lowest BCUT2D eigenvalue weighted by atomic mass is 9.77. The first kappa shape index (κ1) is 22.2. The lowest BCUT2D eigenvalue weighted by Crippen LogP contribution is -2.16. The van der Waals surface area contributed by atoms with E-state index in [1.54, 1.807) is 12.1 Å². The molecule has 1 fully saturated rings. The fourth-order valence-corrected chi connectivity index (χ4v) is 5.26. The lowest BCUT2D eigenvalue weighted by molar-refractivity contribution is -0.138. The third-order valence-corrected chi connectivity index (χ3v) is 7.17. The quantitative estimate of drug-likeness (QED) is 0.324. The van der Waals surface area contributed by atoms with Gasteiger partial charge in [-0.1, -0.05) is 41.9 Å². The minimum Gasteiger partial charge on any atom is -0.481 e. The summed E-state index contributed by atoms with van der Waals surface area (Å²) < 4.78 is 0. The summed E-state index contributed by atoms with van der Waals surface area (Å²) in [5.41, 5.74) is 6.45. The number of aromatic amines is 1. The van der Waals surface area contributed by atoms with E-state index in [4.69, 9.17) is 22.0 Å². The number of nitrogens with one attached hydrogen (secondary N) is 1. The van der Waals surface area contributed by atoms with Gasteiger partial charge in [0.15, 0.2) is 0 Å². The smallest absolute Gasteiger partial charge is 0.303 e. The van der Waals surface area contributed by atoms with Gasteiger partial charge in [-0.2, -0.15) is 5.26 Å². The molecule has 1 saturated carbocycles. The summed E-state index contributed by atoms with van der Waals surface area (Å²) in [4.78, 5) is 18.8. The molecule has 0 unspecified atom stereocenters. The Morgan fingerprint density at radius 3 is 2.44 bits per heavy atom. The van der Waals surface area contributed by atoms with Crippen LogP contribution in [-0.4, -0.2) is 21.0 Å². The van der Waals surface area contributed by atoms with Crippen molar-refractivity contribution >= 4 is 28.6 Å². The molecule has 1 aromatic heterocycles. The van der Waals surface area contributed by atoms with Crippen LogP contribution in [0.5, 0.6) is 0 Å². The molecule has 4 aromatic rings. The number of nitrogens with zero attached hydrogens (tertiary/aromatic N) is 2. The van der Waals surface area contributed by atoms with E-state index in [1.165, 1.54) is 5.56 Å². The Labute approximate surface area is 203 Å². The first-order valence-electron chi connectivity index (χ1n) is 11.5. The standard InChI is InChI=1S/C28H24ClN3O2/c29-24-15-22(10-11-23(24)28-31-25-12-3-18(16-30)13-26(25)32-28)21-8-6-20(7-9-21)19-4-1-17(2-5-19)14-27(33)34/h3,6-13,15,17,19H,1-2,4-5,14H2,(H,31,32)(H,33,34). The number of rotatable bonds is 5. The normalized spacial score (nSPS) is 18.0. The molecule has 170 valence electrons. The van der Waals surface area contributed by atoms with Crippen molar-refractivity contribution in [2.75, 3.05) is 0 Å². The highest BCUT2D eigenvalue weighted by Gasteiger charge is 2.24. The van der Waals surface area contributed by atoms with Gasteiger partial charge in [-0.05, 0) is 84.5 Å². The third kappa shape index (κ3) is 4.55. The van der Waals surface area contributed by atoms with Crippen LogP contribution in [0.3, 0.4) is 0 Å². The van der Waals surface area contributed by atoms with Crippen LogP contribution in [-0.2, 0) is 4.79 Å². The second kappa shape index (κ2) is 9.32. The van der Waals surface area contributed by atoms with E-state index < -0.39 is 5.97 Å². The Morgan fingerprint density at radius 2 is 1.76 bits per heavy atom. The van der Waals surface area contributed by atoms with E-state index >= 15 is 0 Å². The Morgan fingerprint density at radius 1 is 1.03 bits per heavy atom. The third-order valence-electron chi connectivity index (χ3n) is 6.86. The van der Waals surface area contributed by atoms with E-state index in [2.05, 4.69) is 40.3 Å². The van der Waals surface area contributed by atoms with Crippen LogP contribution < -0.4 is 0 Å². The number of imidazole rings is 1. The van der Waals surface area contributed by atoms with Gasteiger partial charge in [-0.25, -0.2) is 4.98 Å². The molecule has 0 spiro atoms. The monoisotopic (exact) mass is 469 g/mol. The van der Waals surface area contributed by atoms with Crippen molar-refractivity contribution in [1.82, 2.24) is 9.97 Å². The van der Waals surface area contributed by atoms with Crippen LogP contribution in [0.1, 0.15) is 49.1 Å². The molecule has 1 aliphatic rings. The number of H-pyrrole nitrogens is 1. The maximum Gasteiger partial charge on any atom is 0.303 e. The molecule has 2 N–H and O–H groups in total. The number of halogens is 1. The maximum atomic E-state index is 11.0. The second-order valence-corrected chi connectivity index (χ2v) is 9.47. The summed E-state index contributed by atoms with van der Waals surface area (Å²) >= 11 is 6.65. The van der Waals surface area contributed by atoms with Gasteiger partial charge < -0.3 is 10.1 Å². The van der Waals surface area contributed by atoms with Gasteiger partial charge in [0, 0.05) is 12.0 Å². The predicted octanol–water partition coefficient (Wildman–Crippen LogP) is 7.17. The molecular formula is C28H24ClN3O2. The van der Waals surface area contributed by atoms with E-state index in [-0.39, 0.29) is 6.42 Å². The number of benzene rings is 3. The number of hydrogen-bond acceptors (Lipinski definition) is 3. The second-order valence-electron chi connectivity index (χ2n) is 9.06. The highest BCUT2D eigenvalue weighted by Crippen LogP contribution is 2.38. The van der Waals surface area contributed by atoms with Gasteiger partial charge in [-0.15, -0.1) is 0 Å². The number of carboxylic acid groups (broad SMARTS) is 1. The van der Waals surface area contributed by atoms with Crippen molar-refractivity contribution in [3.63, 3.8) is 0 Å². The first-order valence-corrected chi connectivity index (χ1v) is 11.9. The zero-order valence-electron chi connectivity index (χ0n) is 18.6. The van der Waals surface area contributed by atoms with Crippen LogP contribution in [0.4, 0.5) is 0 Å². The largest absolute Gasteiger partial charge is 0.481 e. The van der Waals surface area contributed by atoms with E-state index in [0.717, 1.165) is 53.4 Å². The number of carbonyl (C=O) groups is 1. The van der Waals surface area contributed by atoms with Gasteiger partial charge in [0.25, 0.3) is 0 Å². The molecule has 0 saturated heterocycles. The van der Waals surface area contributed by atoms with Gasteiger partial charge in [0.05, 0.1) is 27.7 Å². The fraction of sp³-hybridized carbons (Fsp3) is 0.250. The predicted molar refractivity (Wildman–Crippen MR) is 134 cm³/mol. The average molecular weight is 470 g/mol. The SMILES string of the molecule is N#Cc1ccc2nc(-c3ccc(-c4ccc(C5CCC(CC(=O)O)CC5)cc4)cc3Cl)[nH]c2c1. The molecule has 0 radical (unpaired) electrons. The van der Waals surface area contributed by atoms with Gasteiger partial charge in [-0.3, -0.25) is 4.79 Å². The van der Waals surface area contributed by atoms with Crippen molar-refractivity contribution in [3.05, 3.63) is 76.8 Å². The van der Waals surface area contributed by atoms with E-state index in [0.29, 0.717) is 28.2 Å². The number of fused-ring (bicyclic) bond motifs is 1. The van der Waals surface area contributed by atoms with Crippen LogP contribution in [0, 0.1) is 17.2 Å². The highest BCUT2D eigenvalue weighted by atomic mass is 35.5. The molecular weight excluding hydrogens is 446 g/mol. The van der Waals surface area contributed by atoms with Crippen LogP contribution in [0.15, 0.2) is 60.7 Å². The first-order chi connectivity index (χ1) is 16.5. The van der Waals surface area contributed by atoms with Crippen LogP contribution in [0.25, 0.3) is 33.5 Å². The Bertz CT molecular complexity index is 1390. The Balaban J connectivity index is 1.32. The number of aromatic nitrogens is 2. The maximum absolute atomic E-state index is 11.0. The van der Waals surface area contributed by atoms with E-state index in [9.17, 15) is 4.79 Å². The Kier molecular flexibility index (Phi) is 6.08. The number of aliphatic carboxylic acids is 1. The number of nitriles is 1. The average Bonchev–Trinajstić information content (AvgIpc) is 3.27. The van der Waals surface area contributed by atoms with Crippen molar-refractivity contribution in [3.8, 4) is 28.6 Å². The molecule has 5 nitrogen and oxygen atoms in total. The molecule has 0 aliphatic heterocycles. The minimum absolute atomic E-state index is 0.289. The van der Waals surface area contributed by atoms with Gasteiger partial charge >= 0.3 is 5.97 Å². The zero-order valence-corrected chi connectivity index (χ0v) is 19.3. The Hall–Kier alpha value is -3.62. The molecule has 5 rings (SSSR count). The van der Waals surface area contributed by atoms with Crippen molar-refractivity contribution in [2.45, 2.75) is 38.0 Å². The molecule has 3 aromatic carbocycles. The summed E-state index contributed by atoms with van der Waals surface area (Å²) in [5.74, 6) is 0.801. The number of hydrogen-bond donors (Lipinski definition) is 2. The zero-order chi connectivity index (χ0) is 23.7. The molecule has 6 heteroatoms. The lowest BCUT2D eigenvalue weighted by Gasteiger charge is -2.28. The minimum atomic E-state index is -0.689. The summed E-state index contributed by atoms with van der Waals surface area (Å²) in [7, 11) is 0. The molecule has 34 heavy (non-hydrogen) atoms. The number of carboxylic acids is 1. The van der Waals surface area contributed by atoms with Gasteiger partial charge in [0.2, 0.25) is 0 Å². The molecule has 1 aliphatic carbocycles. The fourth-order valence-electron chi connectivity index (χ4n) is 4.99. The van der Waals surface area contributed by atoms with E-state index in [1.807, 2.05) is 24.3 Å². The summed E-state index contributed by atoms with van der Waals surface area (Å²) in [6.45, 7) is 0. The molecule has 1 heterocycles. The summed E-state index contributed by atoms with van der Waals surface area (Å²) in [6.07, 6.45) is 4.35. The molecule has 0 bridgehead atoms. The van der Waals surface area contributed by atoms with Gasteiger partial charge in [0.1, 0.15) is 5.82 Å². The summed E-state index contributed by atoms with van der Waals surface area (Å²) in [6, 6.07) is 22.1. The van der Waals surface area contributed by atoms with Crippen molar-refractivity contribution in [2.24, 2.45) is 5.92 Å². The van der Waals surface area contributed by atoms with Crippen molar-refractivity contribution in [1.29, 1.82) is 5.26 Å². The van der Waals surface area contributed by atoms with Crippen molar-refractivity contribution < 1.29 is 9.90 Å². The molecule has 0 atom stereocenters. The van der Waals surface area contributed by atoms with Crippen LogP contribution in [0.2, 0.25) is 5.02 Å². The summed E-state index contributed by atoms with van der Waals surface area (Å²) in [5, 5.41) is 18.7.